The number of aryl methyl sites for hydroxylation is 1. The monoisotopic (exact) mass is 333 g/mol. The minimum Gasteiger partial charge on any atom is -0.391 e. The van der Waals surface area contributed by atoms with Crippen molar-refractivity contribution >= 4 is 5.91 Å². The molecule has 1 N–H and O–H groups in total. The zero-order valence-corrected chi connectivity index (χ0v) is 13.4. The van der Waals surface area contributed by atoms with Crippen LogP contribution in [0, 0.1) is 5.82 Å². The van der Waals surface area contributed by atoms with Crippen LogP contribution in [-0.2, 0) is 23.2 Å². The van der Waals surface area contributed by atoms with Crippen LogP contribution in [0.15, 0.2) is 36.5 Å². The number of aromatic nitrogens is 2. The number of hydrogen-bond donors (Lipinski definition) is 1. The highest BCUT2D eigenvalue weighted by Gasteiger charge is 2.35. The molecule has 1 amide bonds. The number of likely N-dealkylation sites (tertiary alicyclic amines) is 1. The second-order valence-electron chi connectivity index (χ2n) is 5.94. The summed E-state index contributed by atoms with van der Waals surface area (Å²) in [4.78, 5) is 14.0. The number of aliphatic hydroxyl groups excluding tert-OH is 1. The average molecular weight is 333 g/mol. The van der Waals surface area contributed by atoms with Crippen molar-refractivity contribution in [3.8, 4) is 0 Å². The van der Waals surface area contributed by atoms with Crippen LogP contribution in [0.5, 0.6) is 0 Å². The van der Waals surface area contributed by atoms with Crippen molar-refractivity contribution in [1.29, 1.82) is 0 Å². The third-order valence-electron chi connectivity index (χ3n) is 4.25. The Hall–Kier alpha value is -2.25. The molecule has 1 aliphatic heterocycles. The highest BCUT2D eigenvalue weighted by atomic mass is 19.1. The van der Waals surface area contributed by atoms with E-state index in [1.54, 1.807) is 27.9 Å². The largest absolute Gasteiger partial charge is 0.391 e. The quantitative estimate of drug-likeness (QED) is 0.898. The lowest BCUT2D eigenvalue weighted by Gasteiger charge is -2.24. The second kappa shape index (κ2) is 7.11. The summed E-state index contributed by atoms with van der Waals surface area (Å²) >= 11 is 0. The van der Waals surface area contributed by atoms with Gasteiger partial charge in [-0.3, -0.25) is 9.48 Å². The third-order valence-corrected chi connectivity index (χ3v) is 4.25. The van der Waals surface area contributed by atoms with Gasteiger partial charge < -0.3 is 14.7 Å². The van der Waals surface area contributed by atoms with Gasteiger partial charge in [-0.05, 0) is 30.2 Å². The smallest absolute Gasteiger partial charge is 0.249 e. The van der Waals surface area contributed by atoms with Crippen LogP contribution >= 0.6 is 0 Å². The fourth-order valence-corrected chi connectivity index (χ4v) is 2.96. The van der Waals surface area contributed by atoms with Crippen molar-refractivity contribution in [3.05, 3.63) is 53.6 Å². The van der Waals surface area contributed by atoms with Gasteiger partial charge in [-0.25, -0.2) is 4.39 Å². The Morgan fingerprint density at radius 3 is 2.79 bits per heavy atom. The van der Waals surface area contributed by atoms with Crippen molar-refractivity contribution in [3.63, 3.8) is 0 Å². The molecule has 2 aromatic rings. The van der Waals surface area contributed by atoms with E-state index in [0.717, 1.165) is 11.3 Å². The Morgan fingerprint density at radius 1 is 1.38 bits per heavy atom. The maximum Gasteiger partial charge on any atom is 0.249 e. The van der Waals surface area contributed by atoms with Crippen molar-refractivity contribution < 1.29 is 19.0 Å². The Labute approximate surface area is 139 Å². The van der Waals surface area contributed by atoms with Crippen molar-refractivity contribution in [2.24, 2.45) is 7.05 Å². The fraction of sp³-hybridized carbons (Fsp3) is 0.412. The van der Waals surface area contributed by atoms with Gasteiger partial charge in [0, 0.05) is 19.8 Å². The molecule has 1 aromatic heterocycles. The predicted molar refractivity (Wildman–Crippen MR) is 84.3 cm³/mol. The number of β-amino-alcohol motifs (C(OH)–C–C–N with tert-alkyl or cyclic N) is 1. The number of nitrogens with zero attached hydrogens (tertiary/aromatic N) is 3. The number of hydrogen-bond acceptors (Lipinski definition) is 4. The predicted octanol–water partition coefficient (Wildman–Crippen LogP) is 1.41. The Balaban J connectivity index is 1.61. The summed E-state index contributed by atoms with van der Waals surface area (Å²) in [6.45, 7) is 0.478. The fourth-order valence-electron chi connectivity index (χ4n) is 2.96. The SMILES string of the molecule is Cn1nccc1COCC(=O)N1CC(O)CC1c1ccc(F)cc1. The van der Waals surface area contributed by atoms with Gasteiger partial charge in [0.1, 0.15) is 12.4 Å². The molecule has 1 saturated heterocycles. The molecular weight excluding hydrogens is 313 g/mol. The van der Waals surface area contributed by atoms with Crippen LogP contribution in [0.1, 0.15) is 23.7 Å². The van der Waals surface area contributed by atoms with Crippen LogP contribution in [0.4, 0.5) is 4.39 Å². The van der Waals surface area contributed by atoms with E-state index in [-0.39, 0.29) is 30.9 Å². The molecule has 24 heavy (non-hydrogen) atoms. The van der Waals surface area contributed by atoms with Gasteiger partial charge in [0.2, 0.25) is 5.91 Å². The lowest BCUT2D eigenvalue weighted by Crippen LogP contribution is -2.34. The summed E-state index contributed by atoms with van der Waals surface area (Å²) in [6, 6.07) is 7.59. The van der Waals surface area contributed by atoms with E-state index in [1.807, 2.05) is 13.1 Å². The molecule has 6 nitrogen and oxygen atoms in total. The second-order valence-corrected chi connectivity index (χ2v) is 5.94. The molecule has 0 bridgehead atoms. The van der Waals surface area contributed by atoms with Gasteiger partial charge in [0.25, 0.3) is 0 Å². The average Bonchev–Trinajstić information content (AvgIpc) is 3.14. The summed E-state index contributed by atoms with van der Waals surface area (Å²) in [6.07, 6.45) is 1.53. The number of amides is 1. The third kappa shape index (κ3) is 3.63. The van der Waals surface area contributed by atoms with E-state index < -0.39 is 6.10 Å². The number of rotatable bonds is 5. The minimum absolute atomic E-state index is 0.0738. The first-order chi connectivity index (χ1) is 11.5. The molecule has 2 atom stereocenters. The van der Waals surface area contributed by atoms with E-state index in [9.17, 15) is 14.3 Å². The first kappa shape index (κ1) is 16.6. The van der Waals surface area contributed by atoms with Gasteiger partial charge in [0.15, 0.2) is 0 Å². The molecule has 3 rings (SSSR count). The normalized spacial score (nSPS) is 20.5. The molecule has 7 heteroatoms. The molecule has 1 fully saturated rings. The van der Waals surface area contributed by atoms with E-state index >= 15 is 0 Å². The van der Waals surface area contributed by atoms with E-state index in [4.69, 9.17) is 4.74 Å². The molecule has 1 aromatic carbocycles. The van der Waals surface area contributed by atoms with Gasteiger partial charge in [0.05, 0.1) is 24.4 Å². The number of ether oxygens (including phenoxy) is 1. The van der Waals surface area contributed by atoms with Crippen molar-refractivity contribution in [1.82, 2.24) is 14.7 Å². The summed E-state index contributed by atoms with van der Waals surface area (Å²) in [5, 5.41) is 14.0. The number of benzene rings is 1. The number of aliphatic hydroxyl groups is 1. The number of halogens is 1. The van der Waals surface area contributed by atoms with Gasteiger partial charge in [-0.15, -0.1) is 0 Å². The summed E-state index contributed by atoms with van der Waals surface area (Å²) in [5.74, 6) is -0.516. The van der Waals surface area contributed by atoms with E-state index in [2.05, 4.69) is 5.10 Å². The van der Waals surface area contributed by atoms with Gasteiger partial charge in [-0.2, -0.15) is 5.10 Å². The van der Waals surface area contributed by atoms with Crippen LogP contribution in [-0.4, -0.2) is 44.9 Å². The number of carbonyl (C=O) groups excluding carboxylic acids is 1. The highest BCUT2D eigenvalue weighted by Crippen LogP contribution is 2.32. The molecule has 1 aliphatic rings. The number of carbonyl (C=O) groups is 1. The van der Waals surface area contributed by atoms with Crippen molar-refractivity contribution in [2.75, 3.05) is 13.2 Å². The minimum atomic E-state index is -0.582. The van der Waals surface area contributed by atoms with Crippen LogP contribution in [0.25, 0.3) is 0 Å². The first-order valence-electron chi connectivity index (χ1n) is 7.82. The topological polar surface area (TPSA) is 67.6 Å². The van der Waals surface area contributed by atoms with Crippen LogP contribution < -0.4 is 0 Å². The van der Waals surface area contributed by atoms with Crippen LogP contribution in [0.3, 0.4) is 0 Å². The lowest BCUT2D eigenvalue weighted by molar-refractivity contribution is -0.137. The van der Waals surface area contributed by atoms with Crippen molar-refractivity contribution in [2.45, 2.75) is 25.2 Å². The zero-order valence-electron chi connectivity index (χ0n) is 13.4. The zero-order chi connectivity index (χ0) is 17.1. The summed E-state index contributed by atoms with van der Waals surface area (Å²) in [5.41, 5.74) is 1.69. The maximum absolute atomic E-state index is 13.1. The molecule has 0 aliphatic carbocycles. The van der Waals surface area contributed by atoms with Gasteiger partial charge >= 0.3 is 0 Å². The van der Waals surface area contributed by atoms with Crippen LogP contribution in [0.2, 0.25) is 0 Å². The summed E-state index contributed by atoms with van der Waals surface area (Å²) in [7, 11) is 1.81. The molecule has 0 radical (unpaired) electrons. The Kier molecular flexibility index (Phi) is 4.92. The molecule has 2 heterocycles. The maximum atomic E-state index is 13.1. The highest BCUT2D eigenvalue weighted by molar-refractivity contribution is 5.78. The molecule has 128 valence electrons. The molecule has 0 spiro atoms. The Bertz CT molecular complexity index is 701. The van der Waals surface area contributed by atoms with Gasteiger partial charge in [-0.1, -0.05) is 12.1 Å². The van der Waals surface area contributed by atoms with E-state index in [1.165, 1.54) is 12.1 Å². The summed E-state index contributed by atoms with van der Waals surface area (Å²) < 4.78 is 20.2. The molecular formula is C17H20FN3O3. The molecule has 2 unspecified atom stereocenters. The first-order valence-corrected chi connectivity index (χ1v) is 7.82. The molecule has 0 saturated carbocycles. The van der Waals surface area contributed by atoms with E-state index in [0.29, 0.717) is 13.0 Å². The Morgan fingerprint density at radius 2 is 2.12 bits per heavy atom. The lowest BCUT2D eigenvalue weighted by atomic mass is 10.0. The standard InChI is InChI=1S/C17H20FN3O3/c1-20-14(6-7-19-20)10-24-11-17(23)21-9-15(22)8-16(21)12-2-4-13(18)5-3-12/h2-7,15-16,22H,8-11H2,1H3.